The maximum absolute atomic E-state index is 12.0. The Morgan fingerprint density at radius 2 is 1.88 bits per heavy atom. The molecule has 4 nitrogen and oxygen atoms in total. The number of carbonyl (C=O) groups is 1. The monoisotopic (exact) mass is 253 g/mol. The molecule has 1 amide bonds. The molecule has 1 saturated carbocycles. The molecular weight excluding hydrogens is 238 g/mol. The fraction of sp³-hybridized carbons (Fsp3) is 0.583. The minimum Gasteiger partial charge on any atom is -0.347 e. The van der Waals surface area contributed by atoms with E-state index < -0.39 is 0 Å². The summed E-state index contributed by atoms with van der Waals surface area (Å²) in [6, 6.07) is 0.156. The summed E-state index contributed by atoms with van der Waals surface area (Å²) in [4.78, 5) is 19.7. The van der Waals surface area contributed by atoms with Crippen LogP contribution in [-0.2, 0) is 0 Å². The highest BCUT2D eigenvalue weighted by Gasteiger charge is 2.65. The first-order valence-corrected chi connectivity index (χ1v) is 5.93. The van der Waals surface area contributed by atoms with Crippen molar-refractivity contribution in [1.29, 1.82) is 0 Å². The SMILES string of the molecule is CC1(C)C(NC(=O)c2cncc(Cl)n2)C1(C)C. The molecule has 0 aliphatic heterocycles. The maximum atomic E-state index is 12.0. The van der Waals surface area contributed by atoms with Gasteiger partial charge in [0.2, 0.25) is 0 Å². The Hall–Kier alpha value is -1.16. The van der Waals surface area contributed by atoms with E-state index in [9.17, 15) is 4.79 Å². The van der Waals surface area contributed by atoms with Crippen molar-refractivity contribution in [2.45, 2.75) is 33.7 Å². The summed E-state index contributed by atoms with van der Waals surface area (Å²) in [5, 5.41) is 3.21. The van der Waals surface area contributed by atoms with Crippen molar-refractivity contribution in [1.82, 2.24) is 15.3 Å². The second kappa shape index (κ2) is 3.67. The molecule has 2 rings (SSSR count). The fourth-order valence-electron chi connectivity index (χ4n) is 2.21. The third-order valence-corrected chi connectivity index (χ3v) is 4.32. The predicted octanol–water partition coefficient (Wildman–Crippen LogP) is 2.29. The van der Waals surface area contributed by atoms with Crippen LogP contribution in [0.3, 0.4) is 0 Å². The lowest BCUT2D eigenvalue weighted by molar-refractivity contribution is 0.0938. The highest BCUT2D eigenvalue weighted by molar-refractivity contribution is 6.29. The van der Waals surface area contributed by atoms with Gasteiger partial charge in [0.25, 0.3) is 5.91 Å². The quantitative estimate of drug-likeness (QED) is 0.880. The lowest BCUT2D eigenvalue weighted by Crippen LogP contribution is -2.30. The van der Waals surface area contributed by atoms with Crippen LogP contribution < -0.4 is 5.32 Å². The van der Waals surface area contributed by atoms with E-state index in [1.807, 2.05) is 0 Å². The van der Waals surface area contributed by atoms with Crippen molar-refractivity contribution in [2.75, 3.05) is 0 Å². The van der Waals surface area contributed by atoms with Crippen LogP contribution in [0.5, 0.6) is 0 Å². The lowest BCUT2D eigenvalue weighted by atomic mass is 10.0. The van der Waals surface area contributed by atoms with Gasteiger partial charge in [-0.05, 0) is 10.8 Å². The average molecular weight is 254 g/mol. The molecule has 0 spiro atoms. The van der Waals surface area contributed by atoms with Gasteiger partial charge in [0.05, 0.1) is 12.4 Å². The van der Waals surface area contributed by atoms with E-state index in [1.54, 1.807) is 0 Å². The normalized spacial score (nSPS) is 21.0. The van der Waals surface area contributed by atoms with Crippen LogP contribution in [0, 0.1) is 10.8 Å². The van der Waals surface area contributed by atoms with E-state index in [0.29, 0.717) is 0 Å². The number of halogens is 1. The minimum atomic E-state index is -0.219. The molecule has 5 heteroatoms. The highest BCUT2D eigenvalue weighted by atomic mass is 35.5. The van der Waals surface area contributed by atoms with Crippen LogP contribution >= 0.6 is 11.6 Å². The molecular formula is C12H16ClN3O. The Balaban J connectivity index is 2.10. The summed E-state index contributed by atoms with van der Waals surface area (Å²) in [6.07, 6.45) is 2.83. The van der Waals surface area contributed by atoms with Crippen LogP contribution in [0.1, 0.15) is 38.2 Å². The van der Waals surface area contributed by atoms with Crippen LogP contribution in [0.15, 0.2) is 12.4 Å². The molecule has 1 aromatic rings. The Bertz CT molecular complexity index is 457. The van der Waals surface area contributed by atoms with E-state index in [-0.39, 0.29) is 33.6 Å². The first kappa shape index (κ1) is 12.3. The van der Waals surface area contributed by atoms with Gasteiger partial charge >= 0.3 is 0 Å². The summed E-state index contributed by atoms with van der Waals surface area (Å²) in [5.41, 5.74) is 0.472. The number of nitrogens with zero attached hydrogens (tertiary/aromatic N) is 2. The summed E-state index contributed by atoms with van der Waals surface area (Å²) >= 11 is 5.70. The Labute approximate surface area is 106 Å². The third-order valence-electron chi connectivity index (χ3n) is 4.13. The van der Waals surface area contributed by atoms with E-state index >= 15 is 0 Å². The Kier molecular flexibility index (Phi) is 2.65. The molecule has 17 heavy (non-hydrogen) atoms. The molecule has 1 aromatic heterocycles. The van der Waals surface area contributed by atoms with Gasteiger partial charge in [-0.25, -0.2) is 4.98 Å². The molecule has 92 valence electrons. The zero-order chi connectivity index (χ0) is 12.8. The fourth-order valence-corrected chi connectivity index (χ4v) is 2.36. The van der Waals surface area contributed by atoms with Gasteiger partial charge in [-0.3, -0.25) is 9.78 Å². The van der Waals surface area contributed by atoms with Crippen LogP contribution in [0.4, 0.5) is 0 Å². The lowest BCUT2D eigenvalue weighted by Gasteiger charge is -2.05. The zero-order valence-electron chi connectivity index (χ0n) is 10.4. The van der Waals surface area contributed by atoms with Crippen LogP contribution in [0.2, 0.25) is 5.15 Å². The van der Waals surface area contributed by atoms with E-state index in [0.717, 1.165) is 0 Å². The topological polar surface area (TPSA) is 54.9 Å². The van der Waals surface area contributed by atoms with E-state index in [1.165, 1.54) is 12.4 Å². The first-order chi connectivity index (χ1) is 7.76. The number of hydrogen-bond donors (Lipinski definition) is 1. The van der Waals surface area contributed by atoms with Crippen molar-refractivity contribution in [2.24, 2.45) is 10.8 Å². The van der Waals surface area contributed by atoms with E-state index in [4.69, 9.17) is 11.6 Å². The van der Waals surface area contributed by atoms with E-state index in [2.05, 4.69) is 43.0 Å². The second-order valence-electron chi connectivity index (χ2n) is 5.58. The van der Waals surface area contributed by atoms with Gasteiger partial charge in [-0.15, -0.1) is 0 Å². The summed E-state index contributed by atoms with van der Waals surface area (Å²) in [7, 11) is 0. The molecule has 1 aliphatic rings. The molecule has 1 fully saturated rings. The van der Waals surface area contributed by atoms with Crippen LogP contribution in [0.25, 0.3) is 0 Å². The zero-order valence-corrected chi connectivity index (χ0v) is 11.2. The van der Waals surface area contributed by atoms with Gasteiger partial charge in [-0.2, -0.15) is 0 Å². The van der Waals surface area contributed by atoms with Crippen molar-refractivity contribution < 1.29 is 4.79 Å². The Morgan fingerprint density at radius 1 is 1.29 bits per heavy atom. The molecule has 0 atom stereocenters. The highest BCUT2D eigenvalue weighted by Crippen LogP contribution is 2.62. The number of aromatic nitrogens is 2. The largest absolute Gasteiger partial charge is 0.347 e. The molecule has 1 aliphatic carbocycles. The molecule has 0 bridgehead atoms. The number of hydrogen-bond acceptors (Lipinski definition) is 3. The number of amides is 1. The summed E-state index contributed by atoms with van der Waals surface area (Å²) < 4.78 is 0. The third kappa shape index (κ3) is 1.90. The minimum absolute atomic E-state index is 0.106. The molecule has 1 N–H and O–H groups in total. The molecule has 0 saturated heterocycles. The van der Waals surface area contributed by atoms with Crippen LogP contribution in [-0.4, -0.2) is 21.9 Å². The summed E-state index contributed by atoms with van der Waals surface area (Å²) in [5.74, 6) is -0.219. The van der Waals surface area contributed by atoms with Gasteiger partial charge in [0.15, 0.2) is 0 Å². The molecule has 0 radical (unpaired) electrons. The van der Waals surface area contributed by atoms with Crippen molar-refractivity contribution >= 4 is 17.5 Å². The smallest absolute Gasteiger partial charge is 0.271 e. The summed E-state index contributed by atoms with van der Waals surface area (Å²) in [6.45, 7) is 8.56. The molecule has 0 unspecified atom stereocenters. The van der Waals surface area contributed by atoms with Crippen molar-refractivity contribution in [3.8, 4) is 0 Å². The van der Waals surface area contributed by atoms with Gasteiger partial charge in [0.1, 0.15) is 10.8 Å². The predicted molar refractivity (Wildman–Crippen MR) is 65.9 cm³/mol. The average Bonchev–Trinajstić information content (AvgIpc) is 2.61. The number of nitrogens with one attached hydrogen (secondary N) is 1. The van der Waals surface area contributed by atoms with Gasteiger partial charge in [0, 0.05) is 6.04 Å². The van der Waals surface area contributed by atoms with Crippen molar-refractivity contribution in [3.63, 3.8) is 0 Å². The second-order valence-corrected chi connectivity index (χ2v) is 5.96. The maximum Gasteiger partial charge on any atom is 0.271 e. The van der Waals surface area contributed by atoms with Gasteiger partial charge < -0.3 is 5.32 Å². The molecule has 0 aromatic carbocycles. The number of carbonyl (C=O) groups excluding carboxylic acids is 1. The van der Waals surface area contributed by atoms with Gasteiger partial charge in [-0.1, -0.05) is 39.3 Å². The molecule has 1 heterocycles. The number of rotatable bonds is 2. The first-order valence-electron chi connectivity index (χ1n) is 5.55. The standard InChI is InChI=1S/C12H16ClN3O/c1-11(2)10(12(11,3)4)16-9(17)7-5-14-6-8(13)15-7/h5-6,10H,1-4H3,(H,16,17). The van der Waals surface area contributed by atoms with Crippen molar-refractivity contribution in [3.05, 3.63) is 23.2 Å². The Morgan fingerprint density at radius 3 is 2.35 bits per heavy atom.